The normalized spacial score (nSPS) is 26.1. The van der Waals surface area contributed by atoms with Gasteiger partial charge in [0.05, 0.1) is 5.52 Å². The maximum atomic E-state index is 4.63. The summed E-state index contributed by atoms with van der Waals surface area (Å²) < 4.78 is 0. The van der Waals surface area contributed by atoms with Crippen LogP contribution in [0.5, 0.6) is 0 Å². The van der Waals surface area contributed by atoms with Crippen LogP contribution >= 0.6 is 0 Å². The highest BCUT2D eigenvalue weighted by molar-refractivity contribution is 5.82. The number of aromatic nitrogens is 1. The summed E-state index contributed by atoms with van der Waals surface area (Å²) in [5.41, 5.74) is 3.60. The maximum Gasteiger partial charge on any atom is 0.0708 e. The van der Waals surface area contributed by atoms with Gasteiger partial charge in [0, 0.05) is 23.7 Å². The van der Waals surface area contributed by atoms with Gasteiger partial charge in [-0.05, 0) is 55.7 Å². The molecule has 1 aliphatic rings. The Morgan fingerprint density at radius 3 is 2.57 bits per heavy atom. The van der Waals surface area contributed by atoms with Crippen molar-refractivity contribution in [3.8, 4) is 0 Å². The number of fused-ring (bicyclic) bond motifs is 1. The Bertz CT molecular complexity index is 610. The minimum atomic E-state index is 0.663. The molecule has 0 amide bonds. The van der Waals surface area contributed by atoms with Gasteiger partial charge in [-0.3, -0.25) is 4.98 Å². The molecule has 0 spiro atoms. The van der Waals surface area contributed by atoms with E-state index in [2.05, 4.69) is 61.4 Å². The minimum absolute atomic E-state index is 0.663. The van der Waals surface area contributed by atoms with Crippen LogP contribution in [0.3, 0.4) is 0 Å². The number of hydrogen-bond acceptors (Lipinski definition) is 2. The van der Waals surface area contributed by atoms with Gasteiger partial charge in [0.15, 0.2) is 0 Å². The molecule has 0 bridgehead atoms. The highest BCUT2D eigenvalue weighted by Gasteiger charge is 2.23. The Balaban J connectivity index is 1.76. The van der Waals surface area contributed by atoms with Gasteiger partial charge in [-0.15, -0.1) is 0 Å². The monoisotopic (exact) mass is 282 g/mol. The third-order valence-electron chi connectivity index (χ3n) is 4.69. The van der Waals surface area contributed by atoms with Crippen LogP contribution in [-0.4, -0.2) is 11.0 Å². The van der Waals surface area contributed by atoms with Crippen LogP contribution in [-0.2, 0) is 6.54 Å². The van der Waals surface area contributed by atoms with Crippen molar-refractivity contribution in [1.82, 2.24) is 10.3 Å². The minimum Gasteiger partial charge on any atom is -0.310 e. The second-order valence-electron chi connectivity index (χ2n) is 6.94. The largest absolute Gasteiger partial charge is 0.310 e. The summed E-state index contributed by atoms with van der Waals surface area (Å²) in [7, 11) is 0. The molecule has 1 aliphatic carbocycles. The van der Waals surface area contributed by atoms with Gasteiger partial charge in [-0.1, -0.05) is 32.0 Å². The average Bonchev–Trinajstić information content (AvgIpc) is 2.43. The second-order valence-corrected chi connectivity index (χ2v) is 6.94. The smallest absolute Gasteiger partial charge is 0.0708 e. The van der Waals surface area contributed by atoms with E-state index < -0.39 is 0 Å². The van der Waals surface area contributed by atoms with E-state index in [1.807, 2.05) is 0 Å². The standard InChI is InChI=1S/C19H26N2/c1-13-8-14(2)10-17(9-13)20-12-16-11-15(3)21-19-7-5-4-6-18(16)19/h4-7,11,13-14,17,20H,8-10,12H2,1-3H3. The zero-order valence-corrected chi connectivity index (χ0v) is 13.4. The molecule has 21 heavy (non-hydrogen) atoms. The van der Waals surface area contributed by atoms with E-state index >= 15 is 0 Å². The quantitative estimate of drug-likeness (QED) is 0.899. The van der Waals surface area contributed by atoms with Crippen molar-refractivity contribution in [2.24, 2.45) is 11.8 Å². The van der Waals surface area contributed by atoms with Gasteiger partial charge in [-0.25, -0.2) is 0 Å². The molecule has 1 fully saturated rings. The summed E-state index contributed by atoms with van der Waals surface area (Å²) in [5.74, 6) is 1.70. The van der Waals surface area contributed by atoms with Crippen molar-refractivity contribution in [1.29, 1.82) is 0 Å². The summed E-state index contributed by atoms with van der Waals surface area (Å²) >= 11 is 0. The Morgan fingerprint density at radius 2 is 1.81 bits per heavy atom. The first-order valence-corrected chi connectivity index (χ1v) is 8.20. The number of pyridine rings is 1. The molecule has 0 aliphatic heterocycles. The molecule has 1 heterocycles. The first-order valence-electron chi connectivity index (χ1n) is 8.20. The lowest BCUT2D eigenvalue weighted by molar-refractivity contribution is 0.238. The molecule has 2 nitrogen and oxygen atoms in total. The van der Waals surface area contributed by atoms with E-state index in [0.717, 1.165) is 29.6 Å². The van der Waals surface area contributed by atoms with E-state index in [9.17, 15) is 0 Å². The molecule has 2 atom stereocenters. The van der Waals surface area contributed by atoms with Gasteiger partial charge in [0.25, 0.3) is 0 Å². The van der Waals surface area contributed by atoms with Gasteiger partial charge >= 0.3 is 0 Å². The highest BCUT2D eigenvalue weighted by atomic mass is 14.9. The molecule has 112 valence electrons. The maximum absolute atomic E-state index is 4.63. The third kappa shape index (κ3) is 3.44. The first kappa shape index (κ1) is 14.5. The molecule has 2 aromatic rings. The SMILES string of the molecule is Cc1cc(CNC2CC(C)CC(C)C2)c2ccccc2n1. The number of rotatable bonds is 3. The van der Waals surface area contributed by atoms with Crippen LogP contribution in [0.1, 0.15) is 44.4 Å². The summed E-state index contributed by atoms with van der Waals surface area (Å²) in [6.07, 6.45) is 4.01. The molecule has 1 aromatic carbocycles. The van der Waals surface area contributed by atoms with Gasteiger partial charge in [-0.2, -0.15) is 0 Å². The number of aryl methyl sites for hydroxylation is 1. The van der Waals surface area contributed by atoms with Crippen LogP contribution in [0.15, 0.2) is 30.3 Å². The molecular weight excluding hydrogens is 256 g/mol. The lowest BCUT2D eigenvalue weighted by atomic mass is 9.80. The number of nitrogens with one attached hydrogen (secondary N) is 1. The highest BCUT2D eigenvalue weighted by Crippen LogP contribution is 2.29. The predicted octanol–water partition coefficient (Wildman–Crippen LogP) is 4.46. The summed E-state index contributed by atoms with van der Waals surface area (Å²) in [6.45, 7) is 7.81. The fourth-order valence-corrected chi connectivity index (χ4v) is 3.91. The first-order chi connectivity index (χ1) is 10.1. The average molecular weight is 282 g/mol. The van der Waals surface area contributed by atoms with Crippen LogP contribution in [0, 0.1) is 18.8 Å². The third-order valence-corrected chi connectivity index (χ3v) is 4.69. The van der Waals surface area contributed by atoms with E-state index in [1.54, 1.807) is 0 Å². The van der Waals surface area contributed by atoms with Gasteiger partial charge in [0.1, 0.15) is 0 Å². The predicted molar refractivity (Wildman–Crippen MR) is 89.3 cm³/mol. The molecule has 2 heteroatoms. The Morgan fingerprint density at radius 1 is 1.10 bits per heavy atom. The Labute approximate surface area is 128 Å². The molecule has 1 saturated carbocycles. The van der Waals surface area contributed by atoms with E-state index in [1.165, 1.54) is 30.2 Å². The second kappa shape index (κ2) is 6.15. The molecule has 0 saturated heterocycles. The van der Waals surface area contributed by atoms with Gasteiger partial charge < -0.3 is 5.32 Å². The molecule has 2 unspecified atom stereocenters. The summed E-state index contributed by atoms with van der Waals surface area (Å²) in [5, 5.41) is 5.08. The van der Waals surface area contributed by atoms with Crippen molar-refractivity contribution < 1.29 is 0 Å². The summed E-state index contributed by atoms with van der Waals surface area (Å²) in [6, 6.07) is 11.4. The lowest BCUT2D eigenvalue weighted by Crippen LogP contribution is -2.35. The zero-order valence-electron chi connectivity index (χ0n) is 13.4. The molecular formula is C19H26N2. The number of benzene rings is 1. The van der Waals surface area contributed by atoms with Crippen molar-refractivity contribution in [3.05, 3.63) is 41.6 Å². The van der Waals surface area contributed by atoms with Crippen LogP contribution in [0.25, 0.3) is 10.9 Å². The fraction of sp³-hybridized carbons (Fsp3) is 0.526. The lowest BCUT2D eigenvalue weighted by Gasteiger charge is -2.32. The number of nitrogens with zero attached hydrogens (tertiary/aromatic N) is 1. The van der Waals surface area contributed by atoms with Crippen LogP contribution < -0.4 is 5.32 Å². The fourth-order valence-electron chi connectivity index (χ4n) is 3.91. The number of hydrogen-bond donors (Lipinski definition) is 1. The Kier molecular flexibility index (Phi) is 4.25. The zero-order chi connectivity index (χ0) is 14.8. The van der Waals surface area contributed by atoms with Crippen molar-refractivity contribution in [3.63, 3.8) is 0 Å². The molecule has 3 rings (SSSR count). The topological polar surface area (TPSA) is 24.9 Å². The van der Waals surface area contributed by atoms with E-state index in [4.69, 9.17) is 0 Å². The molecule has 0 radical (unpaired) electrons. The van der Waals surface area contributed by atoms with E-state index in [0.29, 0.717) is 6.04 Å². The molecule has 1 aromatic heterocycles. The Hall–Kier alpha value is -1.41. The van der Waals surface area contributed by atoms with Crippen LogP contribution in [0.4, 0.5) is 0 Å². The van der Waals surface area contributed by atoms with Gasteiger partial charge in [0.2, 0.25) is 0 Å². The van der Waals surface area contributed by atoms with E-state index in [-0.39, 0.29) is 0 Å². The van der Waals surface area contributed by atoms with Crippen molar-refractivity contribution in [2.45, 2.75) is 52.6 Å². The van der Waals surface area contributed by atoms with Crippen molar-refractivity contribution in [2.75, 3.05) is 0 Å². The number of para-hydroxylation sites is 1. The van der Waals surface area contributed by atoms with Crippen molar-refractivity contribution >= 4 is 10.9 Å². The summed E-state index contributed by atoms with van der Waals surface area (Å²) in [4.78, 5) is 4.63. The molecule has 1 N–H and O–H groups in total. The van der Waals surface area contributed by atoms with Crippen LogP contribution in [0.2, 0.25) is 0 Å².